The third-order valence-electron chi connectivity index (χ3n) is 4.56. The maximum atomic E-state index is 14.8. The van der Waals surface area contributed by atoms with Crippen LogP contribution in [-0.2, 0) is 0 Å². The Hall–Kier alpha value is -4.00. The lowest BCUT2D eigenvalue weighted by Gasteiger charge is -2.17. The van der Waals surface area contributed by atoms with Crippen LogP contribution in [0.2, 0.25) is 5.02 Å². The van der Waals surface area contributed by atoms with Gasteiger partial charge >= 0.3 is 6.03 Å². The minimum atomic E-state index is -2.88. The molecule has 8 nitrogen and oxygen atoms in total. The Morgan fingerprint density at radius 3 is 2.44 bits per heavy atom. The summed E-state index contributed by atoms with van der Waals surface area (Å²) >= 11 is 5.85. The van der Waals surface area contributed by atoms with Gasteiger partial charge < -0.3 is 10.1 Å². The van der Waals surface area contributed by atoms with Crippen LogP contribution in [0.1, 0.15) is 29.0 Å². The van der Waals surface area contributed by atoms with Crippen molar-refractivity contribution in [1.29, 1.82) is 0 Å². The van der Waals surface area contributed by atoms with Crippen LogP contribution >= 0.6 is 11.6 Å². The van der Waals surface area contributed by atoms with Crippen LogP contribution in [-0.4, -0.2) is 34.9 Å². The quantitative estimate of drug-likeness (QED) is 0.307. The molecule has 3 amide bonds. The fourth-order valence-electron chi connectivity index (χ4n) is 3.01. The summed E-state index contributed by atoms with van der Waals surface area (Å²) in [6, 6.07) is 1.95. The number of carbonyl (C=O) groups excluding carboxylic acids is 2. The zero-order chi connectivity index (χ0) is 26.4. The molecule has 0 spiro atoms. The van der Waals surface area contributed by atoms with Gasteiger partial charge in [-0.3, -0.25) is 20.2 Å². The molecule has 14 heteroatoms. The monoisotopic (exact) mass is 529 g/mol. The lowest BCUT2D eigenvalue weighted by molar-refractivity contribution is 0.0802. The number of carbonyl (C=O) groups is 2. The van der Waals surface area contributed by atoms with E-state index in [1.165, 1.54) is 13.0 Å². The maximum absolute atomic E-state index is 14.8. The Balaban J connectivity index is 1.70. The fourth-order valence-corrected chi connectivity index (χ4v) is 3.21. The van der Waals surface area contributed by atoms with Crippen LogP contribution in [0, 0.1) is 17.5 Å². The second kappa shape index (κ2) is 11.6. The van der Waals surface area contributed by atoms with Gasteiger partial charge in [0.15, 0.2) is 11.6 Å². The highest BCUT2D eigenvalue weighted by Gasteiger charge is 2.20. The molecule has 3 rings (SSSR count). The van der Waals surface area contributed by atoms with Crippen molar-refractivity contribution in [3.63, 3.8) is 0 Å². The van der Waals surface area contributed by atoms with E-state index in [-0.39, 0.29) is 27.4 Å². The Labute approximate surface area is 205 Å². The molecule has 190 valence electrons. The van der Waals surface area contributed by atoms with Crippen molar-refractivity contribution in [1.82, 2.24) is 26.1 Å². The van der Waals surface area contributed by atoms with Crippen LogP contribution in [0.25, 0.3) is 11.1 Å². The molecule has 0 fully saturated rings. The molecule has 36 heavy (non-hydrogen) atoms. The molecular formula is C22H17ClF5N5O3. The van der Waals surface area contributed by atoms with Crippen LogP contribution < -0.4 is 20.9 Å². The van der Waals surface area contributed by atoms with E-state index in [1.54, 1.807) is 0 Å². The number of alkyl halides is 2. The summed E-state index contributed by atoms with van der Waals surface area (Å²) in [5.74, 6) is -4.10. The van der Waals surface area contributed by atoms with Crippen molar-refractivity contribution >= 4 is 23.5 Å². The molecule has 0 aliphatic carbocycles. The predicted octanol–water partition coefficient (Wildman–Crippen LogP) is 4.56. The average Bonchev–Trinajstić information content (AvgIpc) is 2.81. The number of ether oxygens (including phenoxy) is 1. The molecule has 0 aliphatic heterocycles. The molecule has 1 unspecified atom stereocenters. The number of amides is 3. The Kier molecular flexibility index (Phi) is 8.59. The Bertz CT molecular complexity index is 1280. The molecule has 2 heterocycles. The minimum absolute atomic E-state index is 0.0189. The maximum Gasteiger partial charge on any atom is 0.334 e. The number of halogens is 6. The Morgan fingerprint density at radius 1 is 1.03 bits per heavy atom. The number of hydrogen-bond acceptors (Lipinski definition) is 5. The second-order valence-electron chi connectivity index (χ2n) is 7.22. The van der Waals surface area contributed by atoms with Gasteiger partial charge in [-0.05, 0) is 31.2 Å². The molecule has 3 N–H and O–H groups in total. The third-order valence-corrected chi connectivity index (χ3v) is 4.78. The van der Waals surface area contributed by atoms with Crippen LogP contribution in [0.3, 0.4) is 0 Å². The van der Waals surface area contributed by atoms with Gasteiger partial charge in [0.05, 0.1) is 23.5 Å². The highest BCUT2D eigenvalue weighted by Crippen LogP contribution is 2.36. The first-order chi connectivity index (χ1) is 17.0. The molecule has 0 saturated heterocycles. The van der Waals surface area contributed by atoms with Gasteiger partial charge in [0.1, 0.15) is 18.2 Å². The van der Waals surface area contributed by atoms with E-state index in [4.69, 9.17) is 16.3 Å². The van der Waals surface area contributed by atoms with E-state index in [0.717, 1.165) is 36.8 Å². The van der Waals surface area contributed by atoms with Gasteiger partial charge in [-0.25, -0.2) is 32.2 Å². The van der Waals surface area contributed by atoms with E-state index < -0.39 is 54.2 Å². The van der Waals surface area contributed by atoms with Gasteiger partial charge in [-0.2, -0.15) is 0 Å². The van der Waals surface area contributed by atoms with E-state index in [1.807, 2.05) is 10.9 Å². The van der Waals surface area contributed by atoms with Crippen molar-refractivity contribution in [2.45, 2.75) is 19.4 Å². The number of urea groups is 1. The average molecular weight is 530 g/mol. The lowest BCUT2D eigenvalue weighted by Crippen LogP contribution is -2.47. The number of nitrogens with one attached hydrogen (secondary N) is 3. The van der Waals surface area contributed by atoms with Gasteiger partial charge in [0, 0.05) is 28.5 Å². The first kappa shape index (κ1) is 26.6. The number of pyridine rings is 2. The summed E-state index contributed by atoms with van der Waals surface area (Å²) < 4.78 is 72.2. The molecule has 0 aliphatic rings. The standard InChI is InChI=1S/C22H17ClF5N5O3/c1-10(31-22(35)33-32-21(34)12-2-14(24)8-29-6-12)19-16(25)3-11(7-30-19)15-4-13(23)5-17(26)20(15)36-9-18(27)28/h2-8,10,18H,9H2,1H3,(H,32,34)(H2,31,33,35). The normalized spacial score (nSPS) is 11.7. The number of nitrogens with zero attached hydrogens (tertiary/aromatic N) is 2. The van der Waals surface area contributed by atoms with Crippen molar-refractivity contribution in [3.05, 3.63) is 76.6 Å². The number of rotatable bonds is 7. The third kappa shape index (κ3) is 6.78. The zero-order valence-corrected chi connectivity index (χ0v) is 19.0. The van der Waals surface area contributed by atoms with E-state index >= 15 is 0 Å². The zero-order valence-electron chi connectivity index (χ0n) is 18.3. The molecule has 3 aromatic rings. The number of hydrogen-bond donors (Lipinski definition) is 3. The summed E-state index contributed by atoms with van der Waals surface area (Å²) in [6.07, 6.45) is 0.217. The summed E-state index contributed by atoms with van der Waals surface area (Å²) in [5.41, 5.74) is 3.54. The molecule has 0 saturated carbocycles. The van der Waals surface area contributed by atoms with Crippen LogP contribution in [0.15, 0.2) is 42.9 Å². The molecule has 1 aromatic carbocycles. The molecular weight excluding hydrogens is 513 g/mol. The molecule has 0 bridgehead atoms. The summed E-state index contributed by atoms with van der Waals surface area (Å²) in [6.45, 7) is 0.293. The summed E-state index contributed by atoms with van der Waals surface area (Å²) in [7, 11) is 0. The largest absolute Gasteiger partial charge is 0.484 e. The van der Waals surface area contributed by atoms with E-state index in [9.17, 15) is 31.5 Å². The van der Waals surface area contributed by atoms with Crippen molar-refractivity contribution in [2.24, 2.45) is 0 Å². The lowest BCUT2D eigenvalue weighted by atomic mass is 10.0. The topological polar surface area (TPSA) is 105 Å². The summed E-state index contributed by atoms with van der Waals surface area (Å²) in [5, 5.41) is 2.25. The Morgan fingerprint density at radius 2 is 1.78 bits per heavy atom. The van der Waals surface area contributed by atoms with Gasteiger partial charge in [-0.1, -0.05) is 11.6 Å². The minimum Gasteiger partial charge on any atom is -0.484 e. The molecule has 2 aromatic heterocycles. The highest BCUT2D eigenvalue weighted by atomic mass is 35.5. The van der Waals surface area contributed by atoms with Crippen LogP contribution in [0.5, 0.6) is 5.75 Å². The van der Waals surface area contributed by atoms with Crippen molar-refractivity contribution in [2.75, 3.05) is 6.61 Å². The van der Waals surface area contributed by atoms with Gasteiger partial charge in [0.25, 0.3) is 12.3 Å². The predicted molar refractivity (Wildman–Crippen MR) is 118 cm³/mol. The number of aromatic nitrogens is 2. The van der Waals surface area contributed by atoms with Gasteiger partial charge in [0.2, 0.25) is 0 Å². The fraction of sp³-hybridized carbons (Fsp3) is 0.182. The van der Waals surface area contributed by atoms with Crippen molar-refractivity contribution in [3.8, 4) is 16.9 Å². The first-order valence-electron chi connectivity index (χ1n) is 10.1. The summed E-state index contributed by atoms with van der Waals surface area (Å²) in [4.78, 5) is 31.4. The molecule has 0 radical (unpaired) electrons. The van der Waals surface area contributed by atoms with Crippen molar-refractivity contribution < 1.29 is 36.3 Å². The second-order valence-corrected chi connectivity index (χ2v) is 7.66. The van der Waals surface area contributed by atoms with Crippen LogP contribution in [0.4, 0.5) is 26.7 Å². The highest BCUT2D eigenvalue weighted by molar-refractivity contribution is 6.31. The van der Waals surface area contributed by atoms with E-state index in [0.29, 0.717) is 0 Å². The number of hydrazine groups is 1. The molecule has 1 atom stereocenters. The van der Waals surface area contributed by atoms with Gasteiger partial charge in [-0.15, -0.1) is 0 Å². The van der Waals surface area contributed by atoms with E-state index in [2.05, 4.69) is 15.3 Å². The SMILES string of the molecule is CC(NC(=O)NNC(=O)c1cncc(F)c1)c1ncc(-c2cc(Cl)cc(F)c2OCC(F)F)cc1F. The number of benzene rings is 1. The smallest absolute Gasteiger partial charge is 0.334 e. The first-order valence-corrected chi connectivity index (χ1v) is 10.5.